The number of carbonyl (C=O) groups is 2. The number of rotatable bonds is 4. The largest absolute Gasteiger partial charge is 0.504 e. The molecule has 1 aromatic carbocycles. The first-order valence-corrected chi connectivity index (χ1v) is 12.7. The minimum atomic E-state index is -0.410. The molecule has 3 fully saturated rings. The Bertz CT molecular complexity index is 1080. The fourth-order valence-corrected chi connectivity index (χ4v) is 8.25. The van der Waals surface area contributed by atoms with Crippen LogP contribution in [0.1, 0.15) is 71.3 Å². The number of phenols is 2. The van der Waals surface area contributed by atoms with Gasteiger partial charge in [0.25, 0.3) is 0 Å². The van der Waals surface area contributed by atoms with Crippen LogP contribution in [-0.4, -0.2) is 28.6 Å². The second-order valence-electron chi connectivity index (χ2n) is 11.9. The summed E-state index contributed by atoms with van der Waals surface area (Å²) in [6.07, 6.45) is 12.8. The molecule has 0 aliphatic heterocycles. The Hall–Kier alpha value is -2.56. The maximum absolute atomic E-state index is 12.7. The number of fused-ring (bicyclic) bond motifs is 3. The van der Waals surface area contributed by atoms with Crippen molar-refractivity contribution in [2.45, 2.75) is 65.7 Å². The molecule has 1 aromatic rings. The number of phenolic OH excluding ortho intramolecular Hbond substituents is 2. The first-order chi connectivity index (χ1) is 16.0. The van der Waals surface area contributed by atoms with E-state index in [1.54, 1.807) is 12.1 Å². The van der Waals surface area contributed by atoms with Gasteiger partial charge in [0.05, 0.1) is 0 Å². The molecule has 1 spiro atoms. The Morgan fingerprint density at radius 1 is 1.09 bits per heavy atom. The monoisotopic (exact) mass is 464 g/mol. The van der Waals surface area contributed by atoms with E-state index >= 15 is 0 Å². The highest BCUT2D eigenvalue weighted by atomic mass is 16.5. The maximum atomic E-state index is 12.7. The van der Waals surface area contributed by atoms with Gasteiger partial charge in [0.1, 0.15) is 12.4 Å². The molecule has 5 rings (SSSR count). The normalized spacial score (nSPS) is 36.0. The summed E-state index contributed by atoms with van der Waals surface area (Å²) in [6, 6.07) is 4.41. The molecule has 4 aliphatic carbocycles. The van der Waals surface area contributed by atoms with Crippen molar-refractivity contribution in [2.75, 3.05) is 6.61 Å². The molecule has 0 amide bonds. The van der Waals surface area contributed by atoms with E-state index in [0.29, 0.717) is 42.1 Å². The third kappa shape index (κ3) is 3.59. The van der Waals surface area contributed by atoms with Crippen LogP contribution in [-0.2, 0) is 14.3 Å². The van der Waals surface area contributed by atoms with Crippen LogP contribution < -0.4 is 0 Å². The third-order valence-electron chi connectivity index (χ3n) is 9.89. The second-order valence-corrected chi connectivity index (χ2v) is 11.9. The number of hydrogen-bond donors (Lipinski definition) is 2. The lowest BCUT2D eigenvalue weighted by Crippen LogP contribution is -2.58. The van der Waals surface area contributed by atoms with Gasteiger partial charge in [-0.2, -0.15) is 0 Å². The van der Waals surface area contributed by atoms with Gasteiger partial charge in [-0.1, -0.05) is 32.9 Å². The number of esters is 1. The fraction of sp³-hybridized carbons (Fsp3) is 0.586. The van der Waals surface area contributed by atoms with E-state index in [1.165, 1.54) is 30.2 Å². The molecular weight excluding hydrogens is 428 g/mol. The predicted octanol–water partition coefficient (Wildman–Crippen LogP) is 5.80. The van der Waals surface area contributed by atoms with Gasteiger partial charge in [-0.25, -0.2) is 4.79 Å². The number of aromatic hydroxyl groups is 2. The quantitative estimate of drug-likeness (QED) is 0.255. The molecule has 3 saturated carbocycles. The summed E-state index contributed by atoms with van der Waals surface area (Å²) in [7, 11) is 0. The highest BCUT2D eigenvalue weighted by Gasteiger charge is 2.63. The number of benzene rings is 1. The molecular formula is C29H36O5. The number of ketones is 1. The van der Waals surface area contributed by atoms with Gasteiger partial charge in [-0.3, -0.25) is 4.79 Å². The van der Waals surface area contributed by atoms with Crippen LogP contribution in [0.15, 0.2) is 35.9 Å². The third-order valence-corrected chi connectivity index (χ3v) is 9.89. The van der Waals surface area contributed by atoms with Gasteiger partial charge in [0, 0.05) is 17.9 Å². The summed E-state index contributed by atoms with van der Waals surface area (Å²) in [4.78, 5) is 25.1. The minimum absolute atomic E-state index is 0.186. The summed E-state index contributed by atoms with van der Waals surface area (Å²) in [5.41, 5.74) is 2.03. The zero-order chi connectivity index (χ0) is 24.3. The number of Topliss-reactive ketones (excluding diaryl/α,β-unsaturated/α-hetero) is 1. The van der Waals surface area contributed by atoms with Gasteiger partial charge in [-0.05, 0) is 96.5 Å². The van der Waals surface area contributed by atoms with Crippen molar-refractivity contribution >= 4 is 17.8 Å². The average molecular weight is 465 g/mol. The molecule has 34 heavy (non-hydrogen) atoms. The standard InChI is InChI=1S/C29H36O5/c1-27(2)23-10-13-29-15-19(6-8-24(29)28(23,3)12-11-25(27)32)20(16-29)17-34-26(33)9-5-18-4-7-21(30)22(31)14-18/h4-5,7,9,14,16,19,23-24,30-31H,6,8,10-13,15,17H2,1-3H3. The van der Waals surface area contributed by atoms with Crippen molar-refractivity contribution in [3.05, 3.63) is 41.5 Å². The molecule has 5 unspecified atom stereocenters. The SMILES string of the molecule is CC1(C)C(=O)CCC2(C)C3CCC4CC3(C=C4COC(=O)C=Cc3ccc(O)c(O)c3)CCC12. The van der Waals surface area contributed by atoms with Crippen LogP contribution in [0.2, 0.25) is 0 Å². The predicted molar refractivity (Wildman–Crippen MR) is 130 cm³/mol. The van der Waals surface area contributed by atoms with Crippen molar-refractivity contribution in [1.82, 2.24) is 0 Å². The Labute approximate surface area is 201 Å². The van der Waals surface area contributed by atoms with Crippen LogP contribution in [0.5, 0.6) is 11.5 Å². The molecule has 5 atom stereocenters. The lowest BCUT2D eigenvalue weighted by Gasteiger charge is -2.63. The molecule has 182 valence electrons. The van der Waals surface area contributed by atoms with Crippen LogP contribution in [0.4, 0.5) is 0 Å². The number of ether oxygens (including phenoxy) is 1. The lowest BCUT2D eigenvalue weighted by molar-refractivity contribution is -0.160. The Balaban J connectivity index is 1.28. The van der Waals surface area contributed by atoms with Gasteiger partial charge in [-0.15, -0.1) is 0 Å². The van der Waals surface area contributed by atoms with Crippen molar-refractivity contribution in [3.63, 3.8) is 0 Å². The molecule has 0 heterocycles. The number of allylic oxidation sites excluding steroid dienone is 1. The van der Waals surface area contributed by atoms with Crippen LogP contribution >= 0.6 is 0 Å². The van der Waals surface area contributed by atoms with E-state index in [4.69, 9.17) is 4.74 Å². The highest BCUT2D eigenvalue weighted by Crippen LogP contribution is 2.70. The summed E-state index contributed by atoms with van der Waals surface area (Å²) < 4.78 is 5.61. The topological polar surface area (TPSA) is 83.8 Å². The van der Waals surface area contributed by atoms with E-state index in [1.807, 2.05) is 0 Å². The van der Waals surface area contributed by atoms with E-state index in [9.17, 15) is 19.8 Å². The van der Waals surface area contributed by atoms with Gasteiger partial charge in [0.15, 0.2) is 11.5 Å². The van der Waals surface area contributed by atoms with Crippen molar-refractivity contribution in [1.29, 1.82) is 0 Å². The lowest BCUT2D eigenvalue weighted by atomic mass is 9.41. The maximum Gasteiger partial charge on any atom is 0.331 e. The summed E-state index contributed by atoms with van der Waals surface area (Å²) >= 11 is 0. The van der Waals surface area contributed by atoms with Crippen LogP contribution in [0, 0.1) is 34.0 Å². The molecule has 4 aliphatic rings. The van der Waals surface area contributed by atoms with Gasteiger partial charge >= 0.3 is 5.97 Å². The smallest absolute Gasteiger partial charge is 0.331 e. The first-order valence-electron chi connectivity index (χ1n) is 12.7. The van der Waals surface area contributed by atoms with E-state index in [2.05, 4.69) is 26.8 Å². The van der Waals surface area contributed by atoms with Crippen LogP contribution in [0.3, 0.4) is 0 Å². The Morgan fingerprint density at radius 3 is 2.65 bits per heavy atom. The van der Waals surface area contributed by atoms with Crippen molar-refractivity contribution < 1.29 is 24.5 Å². The molecule has 0 aromatic heterocycles. The number of carbonyl (C=O) groups excluding carboxylic acids is 2. The Morgan fingerprint density at radius 2 is 1.88 bits per heavy atom. The van der Waals surface area contributed by atoms with E-state index in [0.717, 1.165) is 32.1 Å². The molecule has 0 radical (unpaired) electrons. The molecule has 2 bridgehead atoms. The van der Waals surface area contributed by atoms with Crippen molar-refractivity contribution in [2.24, 2.45) is 34.0 Å². The van der Waals surface area contributed by atoms with E-state index < -0.39 is 5.97 Å². The zero-order valence-electron chi connectivity index (χ0n) is 20.5. The molecule has 0 saturated heterocycles. The van der Waals surface area contributed by atoms with E-state index in [-0.39, 0.29) is 27.7 Å². The summed E-state index contributed by atoms with van der Waals surface area (Å²) in [6.45, 7) is 7.12. The summed E-state index contributed by atoms with van der Waals surface area (Å²) in [5, 5.41) is 19.0. The fourth-order valence-electron chi connectivity index (χ4n) is 8.25. The average Bonchev–Trinajstić information content (AvgIpc) is 3.05. The van der Waals surface area contributed by atoms with Crippen molar-refractivity contribution in [3.8, 4) is 11.5 Å². The minimum Gasteiger partial charge on any atom is -0.504 e. The Kier molecular flexibility index (Phi) is 5.46. The number of hydrogen-bond acceptors (Lipinski definition) is 5. The highest BCUT2D eigenvalue weighted by molar-refractivity contribution is 5.87. The second kappa shape index (κ2) is 8.00. The molecule has 2 N–H and O–H groups in total. The summed E-state index contributed by atoms with van der Waals surface area (Å²) in [5.74, 6) is 1.15. The molecule has 5 nitrogen and oxygen atoms in total. The first kappa shape index (κ1) is 23.2. The molecule has 5 heteroatoms. The van der Waals surface area contributed by atoms with Crippen LogP contribution in [0.25, 0.3) is 6.08 Å². The zero-order valence-corrected chi connectivity index (χ0v) is 20.5. The van der Waals surface area contributed by atoms with Gasteiger partial charge in [0.2, 0.25) is 0 Å². The van der Waals surface area contributed by atoms with Gasteiger partial charge < -0.3 is 14.9 Å².